The maximum atomic E-state index is 12.9. The molecule has 5 rings (SSSR count). The van der Waals surface area contributed by atoms with E-state index in [4.69, 9.17) is 29.1 Å². The van der Waals surface area contributed by atoms with Gasteiger partial charge in [0.2, 0.25) is 5.17 Å². The monoisotopic (exact) mass is 572 g/mol. The molecule has 1 N–H and O–H groups in total. The van der Waals surface area contributed by atoms with Gasteiger partial charge in [-0.25, -0.2) is 0 Å². The second kappa shape index (κ2) is 13.1. The summed E-state index contributed by atoms with van der Waals surface area (Å²) in [6.07, 6.45) is 1.60. The molecule has 11 heteroatoms. The number of carbonyl (C=O) groups is 1. The number of nitrogens with one attached hydrogen (secondary N) is 1. The van der Waals surface area contributed by atoms with E-state index in [1.54, 1.807) is 37.5 Å². The van der Waals surface area contributed by atoms with Crippen molar-refractivity contribution < 1.29 is 28.5 Å². The van der Waals surface area contributed by atoms with Crippen LogP contribution in [0.2, 0.25) is 0 Å². The molecule has 0 fully saturated rings. The van der Waals surface area contributed by atoms with Crippen LogP contribution >= 0.6 is 11.8 Å². The summed E-state index contributed by atoms with van der Waals surface area (Å²) in [6.45, 7) is 3.11. The van der Waals surface area contributed by atoms with Crippen LogP contribution in [0.3, 0.4) is 0 Å². The van der Waals surface area contributed by atoms with Crippen molar-refractivity contribution in [3.05, 3.63) is 83.9 Å². The maximum absolute atomic E-state index is 12.9. The first kappa shape index (κ1) is 27.8. The fourth-order valence-electron chi connectivity index (χ4n) is 3.92. The molecule has 41 heavy (non-hydrogen) atoms. The Kier molecular flexibility index (Phi) is 8.85. The highest BCUT2D eigenvalue weighted by Crippen LogP contribution is 2.32. The number of para-hydroxylation sites is 1. The van der Waals surface area contributed by atoms with Crippen LogP contribution in [0, 0.1) is 5.41 Å². The summed E-state index contributed by atoms with van der Waals surface area (Å²) >= 11 is 1.21. The number of ether oxygens (including phenoxy) is 5. The molecule has 10 nitrogen and oxygen atoms in total. The molecule has 1 amide bonds. The van der Waals surface area contributed by atoms with Crippen molar-refractivity contribution in [2.24, 2.45) is 10.1 Å². The molecule has 0 saturated heterocycles. The number of nitrogens with zero attached hydrogens (tertiary/aromatic N) is 3. The Morgan fingerprint density at radius 1 is 0.878 bits per heavy atom. The third kappa shape index (κ3) is 6.87. The van der Waals surface area contributed by atoms with Crippen molar-refractivity contribution in [1.29, 1.82) is 5.41 Å². The van der Waals surface area contributed by atoms with Crippen molar-refractivity contribution in [2.75, 3.05) is 33.5 Å². The minimum Gasteiger partial charge on any atom is -0.497 e. The Balaban J connectivity index is 1.24. The van der Waals surface area contributed by atoms with Crippen LogP contribution in [0.1, 0.15) is 12.5 Å². The van der Waals surface area contributed by atoms with E-state index >= 15 is 0 Å². The first-order valence-electron chi connectivity index (χ1n) is 12.9. The van der Waals surface area contributed by atoms with Crippen molar-refractivity contribution in [3.63, 3.8) is 0 Å². The smallest absolute Gasteiger partial charge is 0.283 e. The minimum absolute atomic E-state index is 0.0600. The van der Waals surface area contributed by atoms with Gasteiger partial charge >= 0.3 is 0 Å². The fraction of sp³-hybridized carbons (Fsp3) is 0.200. The number of hydrogen-bond donors (Lipinski definition) is 1. The fourth-order valence-corrected chi connectivity index (χ4v) is 4.72. The number of amides is 1. The zero-order valence-electron chi connectivity index (χ0n) is 22.5. The Morgan fingerprint density at radius 2 is 1.66 bits per heavy atom. The number of aliphatic imine (C=N–C) groups is 1. The van der Waals surface area contributed by atoms with E-state index in [0.717, 1.165) is 0 Å². The number of hydrogen-bond acceptors (Lipinski definition) is 9. The SMILES string of the molecule is CCOc1cc(C=C2C(=N)N3N=C(COc4ccccc4)SC3=NC2=O)ccc1OCCOc1cccc(OC)c1. The van der Waals surface area contributed by atoms with Crippen LogP contribution in [-0.4, -0.2) is 60.5 Å². The van der Waals surface area contributed by atoms with E-state index in [1.807, 2.05) is 55.5 Å². The van der Waals surface area contributed by atoms with Crippen LogP contribution in [-0.2, 0) is 4.79 Å². The summed E-state index contributed by atoms with van der Waals surface area (Å²) < 4.78 is 28.4. The Morgan fingerprint density at radius 3 is 2.46 bits per heavy atom. The normalized spacial score (nSPS) is 15.3. The molecule has 0 saturated carbocycles. The van der Waals surface area contributed by atoms with Gasteiger partial charge in [-0.1, -0.05) is 30.3 Å². The van der Waals surface area contributed by atoms with Gasteiger partial charge in [-0.2, -0.15) is 15.1 Å². The lowest BCUT2D eigenvalue weighted by atomic mass is 10.1. The van der Waals surface area contributed by atoms with E-state index in [2.05, 4.69) is 10.1 Å². The summed E-state index contributed by atoms with van der Waals surface area (Å²) in [4.78, 5) is 17.0. The van der Waals surface area contributed by atoms with Gasteiger partial charge in [0.15, 0.2) is 17.3 Å². The van der Waals surface area contributed by atoms with Gasteiger partial charge in [-0.3, -0.25) is 10.2 Å². The van der Waals surface area contributed by atoms with E-state index in [-0.39, 0.29) is 18.0 Å². The molecule has 0 atom stereocenters. The van der Waals surface area contributed by atoms with Crippen LogP contribution < -0.4 is 23.7 Å². The van der Waals surface area contributed by atoms with Crippen molar-refractivity contribution in [3.8, 4) is 28.7 Å². The minimum atomic E-state index is -0.512. The standard InChI is InChI=1S/C30H28N4O6S/c1-3-37-26-17-20(12-13-25(26)39-15-14-38-23-11-7-10-22(18-23)36-2)16-24-28(31)34-30(32-29(24)35)41-27(33-34)19-40-21-8-5-4-6-9-21/h4-13,16-18,31H,3,14-15,19H2,1-2H3. The van der Waals surface area contributed by atoms with Crippen LogP contribution in [0.15, 0.2) is 88.5 Å². The third-order valence-electron chi connectivity index (χ3n) is 5.83. The molecule has 3 aromatic carbocycles. The molecule has 2 aliphatic heterocycles. The van der Waals surface area contributed by atoms with E-state index in [1.165, 1.54) is 16.8 Å². The second-order valence-corrected chi connectivity index (χ2v) is 9.67. The van der Waals surface area contributed by atoms with Crippen molar-refractivity contribution in [1.82, 2.24) is 5.01 Å². The first-order valence-corrected chi connectivity index (χ1v) is 13.7. The number of carbonyl (C=O) groups excluding carboxylic acids is 1. The molecule has 0 unspecified atom stereocenters. The van der Waals surface area contributed by atoms with Crippen molar-refractivity contribution >= 4 is 39.8 Å². The number of benzene rings is 3. The summed E-state index contributed by atoms with van der Waals surface area (Å²) in [5.74, 6) is 2.58. The molecule has 2 aliphatic rings. The van der Waals surface area contributed by atoms with Crippen LogP contribution in [0.25, 0.3) is 6.08 Å². The molecule has 0 bridgehead atoms. The Bertz CT molecular complexity index is 1520. The highest BCUT2D eigenvalue weighted by molar-refractivity contribution is 8.27. The van der Waals surface area contributed by atoms with Crippen molar-refractivity contribution in [2.45, 2.75) is 6.92 Å². The van der Waals surface area contributed by atoms with Gasteiger partial charge in [0, 0.05) is 6.07 Å². The highest BCUT2D eigenvalue weighted by atomic mass is 32.2. The van der Waals surface area contributed by atoms with Gasteiger partial charge in [-0.05, 0) is 66.7 Å². The van der Waals surface area contributed by atoms with Gasteiger partial charge in [0.05, 0.1) is 19.3 Å². The second-order valence-electron chi connectivity index (χ2n) is 8.63. The van der Waals surface area contributed by atoms with E-state index in [9.17, 15) is 4.79 Å². The molecule has 0 aromatic heterocycles. The average molecular weight is 573 g/mol. The third-order valence-corrected chi connectivity index (χ3v) is 6.71. The van der Waals surface area contributed by atoms with Gasteiger partial charge < -0.3 is 23.7 Å². The number of hydrazone groups is 1. The molecular formula is C30H28N4O6S. The van der Waals surface area contributed by atoms with Crippen LogP contribution in [0.4, 0.5) is 0 Å². The first-order chi connectivity index (χ1) is 20.0. The molecule has 0 spiro atoms. The summed E-state index contributed by atoms with van der Waals surface area (Å²) in [5, 5.41) is 15.4. The molecule has 3 aromatic rings. The summed E-state index contributed by atoms with van der Waals surface area (Å²) in [6, 6.07) is 22.0. The zero-order chi connectivity index (χ0) is 28.6. The average Bonchev–Trinajstić information content (AvgIpc) is 3.41. The van der Waals surface area contributed by atoms with Gasteiger partial charge in [0.25, 0.3) is 5.91 Å². The van der Waals surface area contributed by atoms with E-state index < -0.39 is 5.91 Å². The molecule has 2 heterocycles. The zero-order valence-corrected chi connectivity index (χ0v) is 23.3. The number of methoxy groups -OCH3 is 1. The molecule has 0 aliphatic carbocycles. The number of fused-ring (bicyclic) bond motifs is 1. The quantitative estimate of drug-likeness (QED) is 0.231. The lowest BCUT2D eigenvalue weighted by molar-refractivity contribution is -0.114. The Hall–Kier alpha value is -4.77. The molecular weight excluding hydrogens is 544 g/mol. The summed E-state index contributed by atoms with van der Waals surface area (Å²) in [5.41, 5.74) is 0.773. The molecule has 0 radical (unpaired) electrons. The van der Waals surface area contributed by atoms with Crippen LogP contribution in [0.5, 0.6) is 28.7 Å². The molecule has 210 valence electrons. The largest absolute Gasteiger partial charge is 0.497 e. The lowest BCUT2D eigenvalue weighted by Gasteiger charge is -2.20. The topological polar surface area (TPSA) is 115 Å². The highest BCUT2D eigenvalue weighted by Gasteiger charge is 2.35. The number of amidine groups is 2. The predicted molar refractivity (Wildman–Crippen MR) is 159 cm³/mol. The van der Waals surface area contributed by atoms with E-state index in [0.29, 0.717) is 64.3 Å². The number of rotatable bonds is 12. The Labute approximate surface area is 241 Å². The number of thioether (sulfide) groups is 1. The van der Waals surface area contributed by atoms with Gasteiger partial charge in [-0.15, -0.1) is 0 Å². The summed E-state index contributed by atoms with van der Waals surface area (Å²) in [7, 11) is 1.60. The lowest BCUT2D eigenvalue weighted by Crippen LogP contribution is -2.35. The van der Waals surface area contributed by atoms with Gasteiger partial charge in [0.1, 0.15) is 42.1 Å². The predicted octanol–water partition coefficient (Wildman–Crippen LogP) is 5.25. The maximum Gasteiger partial charge on any atom is 0.283 e.